The molecule has 0 unspecified atom stereocenters. The lowest BCUT2D eigenvalue weighted by Gasteiger charge is -2.12. The zero-order valence-corrected chi connectivity index (χ0v) is 19.6. The normalized spacial score (nSPS) is 11.1. The number of benzene rings is 1. The molecular formula is C20H31IN4O3. The quantitative estimate of drug-likeness (QED) is 0.306. The molecule has 1 heterocycles. The molecule has 0 saturated heterocycles. The molecule has 8 heteroatoms. The molecule has 0 atom stereocenters. The number of rotatable bonds is 9. The van der Waals surface area contributed by atoms with Crippen molar-refractivity contribution in [2.24, 2.45) is 4.99 Å². The smallest absolute Gasteiger partial charge is 0.191 e. The number of ether oxygens (including phenoxy) is 2. The van der Waals surface area contributed by atoms with Crippen molar-refractivity contribution in [1.82, 2.24) is 15.8 Å². The van der Waals surface area contributed by atoms with Crippen LogP contribution in [0.15, 0.2) is 33.8 Å². The van der Waals surface area contributed by atoms with E-state index in [1.54, 1.807) is 7.11 Å². The summed E-state index contributed by atoms with van der Waals surface area (Å²) in [4.78, 5) is 4.63. The van der Waals surface area contributed by atoms with Crippen molar-refractivity contribution >= 4 is 29.9 Å². The lowest BCUT2D eigenvalue weighted by Crippen LogP contribution is -2.36. The SMILES string of the molecule is CCNC(=NCc1ccc(OC)c(OCC)c1)NCc1cc(C(C)C)no1.I. The summed E-state index contributed by atoms with van der Waals surface area (Å²) in [5.41, 5.74) is 1.99. The van der Waals surface area contributed by atoms with Crippen LogP contribution in [0.4, 0.5) is 0 Å². The highest BCUT2D eigenvalue weighted by atomic mass is 127. The van der Waals surface area contributed by atoms with Gasteiger partial charge in [-0.15, -0.1) is 24.0 Å². The average Bonchev–Trinajstić information content (AvgIpc) is 3.14. The Morgan fingerprint density at radius 3 is 2.57 bits per heavy atom. The Balaban J connectivity index is 0.00000392. The van der Waals surface area contributed by atoms with E-state index in [4.69, 9.17) is 14.0 Å². The minimum absolute atomic E-state index is 0. The molecule has 0 aliphatic rings. The maximum Gasteiger partial charge on any atom is 0.191 e. The van der Waals surface area contributed by atoms with E-state index < -0.39 is 0 Å². The Morgan fingerprint density at radius 2 is 1.96 bits per heavy atom. The second kappa shape index (κ2) is 12.5. The molecule has 2 aromatic rings. The van der Waals surface area contributed by atoms with E-state index >= 15 is 0 Å². The predicted molar refractivity (Wildman–Crippen MR) is 122 cm³/mol. The first kappa shape index (κ1) is 24.1. The summed E-state index contributed by atoms with van der Waals surface area (Å²) in [6.45, 7) is 10.6. The summed E-state index contributed by atoms with van der Waals surface area (Å²) in [5.74, 6) is 3.30. The lowest BCUT2D eigenvalue weighted by atomic mass is 10.1. The van der Waals surface area contributed by atoms with E-state index in [1.807, 2.05) is 38.1 Å². The molecule has 7 nitrogen and oxygen atoms in total. The average molecular weight is 502 g/mol. The van der Waals surface area contributed by atoms with Crippen LogP contribution in [0.3, 0.4) is 0 Å². The summed E-state index contributed by atoms with van der Waals surface area (Å²) in [6.07, 6.45) is 0. The van der Waals surface area contributed by atoms with Crippen LogP contribution in [0.25, 0.3) is 0 Å². The van der Waals surface area contributed by atoms with Crippen LogP contribution in [0.2, 0.25) is 0 Å². The Kier molecular flexibility index (Phi) is 10.7. The maximum absolute atomic E-state index is 5.63. The molecule has 0 amide bonds. The first-order chi connectivity index (χ1) is 13.1. The van der Waals surface area contributed by atoms with Gasteiger partial charge in [0.15, 0.2) is 23.2 Å². The molecule has 1 aromatic carbocycles. The molecule has 0 fully saturated rings. The number of nitrogens with zero attached hydrogens (tertiary/aromatic N) is 2. The van der Waals surface area contributed by atoms with Crippen LogP contribution in [0.1, 0.15) is 50.6 Å². The fraction of sp³-hybridized carbons (Fsp3) is 0.500. The third-order valence-electron chi connectivity index (χ3n) is 3.89. The Hall–Kier alpha value is -1.97. The second-order valence-electron chi connectivity index (χ2n) is 6.34. The van der Waals surface area contributed by atoms with Crippen LogP contribution >= 0.6 is 24.0 Å². The van der Waals surface area contributed by atoms with Gasteiger partial charge in [0.05, 0.1) is 32.5 Å². The number of hydrogen-bond donors (Lipinski definition) is 2. The van der Waals surface area contributed by atoms with Gasteiger partial charge in [0.2, 0.25) is 0 Å². The fourth-order valence-electron chi connectivity index (χ4n) is 2.46. The van der Waals surface area contributed by atoms with Gasteiger partial charge < -0.3 is 24.6 Å². The number of methoxy groups -OCH3 is 1. The van der Waals surface area contributed by atoms with Gasteiger partial charge in [-0.2, -0.15) is 0 Å². The molecular weight excluding hydrogens is 471 g/mol. The Labute approximate surface area is 184 Å². The van der Waals surface area contributed by atoms with Gasteiger partial charge in [0, 0.05) is 12.6 Å². The van der Waals surface area contributed by atoms with Gasteiger partial charge in [0.25, 0.3) is 0 Å². The van der Waals surface area contributed by atoms with Gasteiger partial charge in [0.1, 0.15) is 0 Å². The molecule has 0 radical (unpaired) electrons. The molecule has 0 bridgehead atoms. The number of nitrogens with one attached hydrogen (secondary N) is 2. The molecule has 28 heavy (non-hydrogen) atoms. The van der Waals surface area contributed by atoms with Crippen LogP contribution in [0, 0.1) is 0 Å². The van der Waals surface area contributed by atoms with Crippen LogP contribution < -0.4 is 20.1 Å². The predicted octanol–water partition coefficient (Wildman–Crippen LogP) is 4.08. The van der Waals surface area contributed by atoms with Crippen LogP contribution in [0.5, 0.6) is 11.5 Å². The van der Waals surface area contributed by atoms with E-state index in [0.29, 0.717) is 31.6 Å². The van der Waals surface area contributed by atoms with Crippen LogP contribution in [-0.4, -0.2) is 31.4 Å². The van der Waals surface area contributed by atoms with Crippen molar-refractivity contribution in [2.75, 3.05) is 20.3 Å². The van der Waals surface area contributed by atoms with Crippen LogP contribution in [-0.2, 0) is 13.1 Å². The van der Waals surface area contributed by atoms with E-state index in [0.717, 1.165) is 35.1 Å². The van der Waals surface area contributed by atoms with E-state index in [-0.39, 0.29) is 24.0 Å². The monoisotopic (exact) mass is 502 g/mol. The van der Waals surface area contributed by atoms with Gasteiger partial charge >= 0.3 is 0 Å². The highest BCUT2D eigenvalue weighted by Crippen LogP contribution is 2.28. The second-order valence-corrected chi connectivity index (χ2v) is 6.34. The van der Waals surface area contributed by atoms with E-state index in [2.05, 4.69) is 34.6 Å². The van der Waals surface area contributed by atoms with E-state index in [9.17, 15) is 0 Å². The number of aliphatic imine (C=N–C) groups is 1. The first-order valence-electron chi connectivity index (χ1n) is 9.34. The van der Waals surface area contributed by atoms with Crippen molar-refractivity contribution in [3.8, 4) is 11.5 Å². The molecule has 0 aliphatic heterocycles. The van der Waals surface area contributed by atoms with Crippen molar-refractivity contribution in [1.29, 1.82) is 0 Å². The first-order valence-corrected chi connectivity index (χ1v) is 9.34. The highest BCUT2D eigenvalue weighted by Gasteiger charge is 2.09. The third kappa shape index (κ3) is 7.21. The van der Waals surface area contributed by atoms with Crippen molar-refractivity contribution in [3.05, 3.63) is 41.3 Å². The summed E-state index contributed by atoms with van der Waals surface area (Å²) in [5, 5.41) is 10.6. The molecule has 156 valence electrons. The summed E-state index contributed by atoms with van der Waals surface area (Å²) in [6, 6.07) is 7.82. The van der Waals surface area contributed by atoms with E-state index in [1.165, 1.54) is 0 Å². The number of aromatic nitrogens is 1. The summed E-state index contributed by atoms with van der Waals surface area (Å²) >= 11 is 0. The molecule has 0 aliphatic carbocycles. The fourth-order valence-corrected chi connectivity index (χ4v) is 2.46. The highest BCUT2D eigenvalue weighted by molar-refractivity contribution is 14.0. The topological polar surface area (TPSA) is 80.9 Å². The standard InChI is InChI=1S/C20H30N4O3.HI/c1-6-21-20(23-13-16-11-17(14(3)4)24-27-16)22-12-15-8-9-18(25-5)19(10-15)26-7-2;/h8-11,14H,6-7,12-13H2,1-5H3,(H2,21,22,23);1H. The minimum atomic E-state index is 0. The molecule has 0 saturated carbocycles. The summed E-state index contributed by atoms with van der Waals surface area (Å²) < 4.78 is 16.3. The molecule has 2 N–H and O–H groups in total. The number of hydrogen-bond acceptors (Lipinski definition) is 5. The lowest BCUT2D eigenvalue weighted by molar-refractivity contribution is 0.310. The molecule has 0 spiro atoms. The van der Waals surface area contributed by atoms with Crippen molar-refractivity contribution in [3.63, 3.8) is 0 Å². The zero-order valence-electron chi connectivity index (χ0n) is 17.2. The Morgan fingerprint density at radius 1 is 1.18 bits per heavy atom. The van der Waals surface area contributed by atoms with Gasteiger partial charge in [-0.25, -0.2) is 4.99 Å². The zero-order chi connectivity index (χ0) is 19.6. The van der Waals surface area contributed by atoms with Gasteiger partial charge in [-0.1, -0.05) is 25.1 Å². The molecule has 1 aromatic heterocycles. The maximum atomic E-state index is 5.63. The largest absolute Gasteiger partial charge is 0.493 e. The van der Waals surface area contributed by atoms with Gasteiger partial charge in [-0.05, 0) is 37.5 Å². The molecule has 2 rings (SSSR count). The van der Waals surface area contributed by atoms with Gasteiger partial charge in [-0.3, -0.25) is 0 Å². The Bertz CT molecular complexity index is 747. The number of guanidine groups is 1. The van der Waals surface area contributed by atoms with Crippen molar-refractivity contribution < 1.29 is 14.0 Å². The third-order valence-corrected chi connectivity index (χ3v) is 3.89. The number of halogens is 1. The van der Waals surface area contributed by atoms with Crippen molar-refractivity contribution in [2.45, 2.75) is 46.7 Å². The minimum Gasteiger partial charge on any atom is -0.493 e. The summed E-state index contributed by atoms with van der Waals surface area (Å²) in [7, 11) is 1.64.